The number of aromatic nitrogens is 2. The quantitative estimate of drug-likeness (QED) is 0.684. The molecule has 3 aromatic rings. The molecular formula is C18H18ClN3O3. The summed E-state index contributed by atoms with van der Waals surface area (Å²) in [5.41, 5.74) is 1.03. The van der Waals surface area contributed by atoms with E-state index in [0.29, 0.717) is 28.9 Å². The van der Waals surface area contributed by atoms with Gasteiger partial charge in [-0.1, -0.05) is 35.8 Å². The number of nitrogens with zero attached hydrogens (tertiary/aromatic N) is 2. The second-order valence-corrected chi connectivity index (χ2v) is 6.01. The number of rotatable bonds is 7. The number of halogens is 1. The van der Waals surface area contributed by atoms with Gasteiger partial charge in [-0.2, -0.15) is 4.98 Å². The SMILES string of the molecule is CCC(NC(=O)CCc1nc(-c2ccco2)no1)c1ccc(Cl)cc1. The topological polar surface area (TPSA) is 81.2 Å². The third-order valence-corrected chi connectivity index (χ3v) is 4.04. The van der Waals surface area contributed by atoms with Crippen LogP contribution in [0.15, 0.2) is 51.6 Å². The van der Waals surface area contributed by atoms with E-state index in [9.17, 15) is 4.79 Å². The van der Waals surface area contributed by atoms with Gasteiger partial charge in [0.2, 0.25) is 17.6 Å². The van der Waals surface area contributed by atoms with E-state index in [1.807, 2.05) is 31.2 Å². The molecule has 2 heterocycles. The Morgan fingerprint density at radius 3 is 2.76 bits per heavy atom. The first-order chi connectivity index (χ1) is 12.2. The zero-order chi connectivity index (χ0) is 17.6. The van der Waals surface area contributed by atoms with Gasteiger partial charge in [-0.05, 0) is 36.2 Å². The predicted molar refractivity (Wildman–Crippen MR) is 92.9 cm³/mol. The van der Waals surface area contributed by atoms with Crippen molar-refractivity contribution in [2.24, 2.45) is 0 Å². The monoisotopic (exact) mass is 359 g/mol. The molecule has 0 saturated heterocycles. The van der Waals surface area contributed by atoms with Crippen LogP contribution in [0.2, 0.25) is 5.02 Å². The van der Waals surface area contributed by atoms with E-state index >= 15 is 0 Å². The molecule has 6 nitrogen and oxygen atoms in total. The molecule has 1 aromatic carbocycles. The summed E-state index contributed by atoms with van der Waals surface area (Å²) in [5.74, 6) is 1.25. The number of furan rings is 1. The van der Waals surface area contributed by atoms with E-state index in [0.717, 1.165) is 12.0 Å². The Hall–Kier alpha value is -2.60. The molecule has 0 spiro atoms. The van der Waals surface area contributed by atoms with E-state index in [1.54, 1.807) is 18.4 Å². The molecule has 1 N–H and O–H groups in total. The van der Waals surface area contributed by atoms with Gasteiger partial charge in [-0.3, -0.25) is 4.79 Å². The van der Waals surface area contributed by atoms with Gasteiger partial charge in [-0.15, -0.1) is 0 Å². The van der Waals surface area contributed by atoms with Crippen LogP contribution in [-0.4, -0.2) is 16.0 Å². The minimum Gasteiger partial charge on any atom is -0.461 e. The van der Waals surface area contributed by atoms with Crippen molar-refractivity contribution in [3.63, 3.8) is 0 Å². The molecule has 1 amide bonds. The zero-order valence-corrected chi connectivity index (χ0v) is 14.5. The highest BCUT2D eigenvalue weighted by atomic mass is 35.5. The highest BCUT2D eigenvalue weighted by molar-refractivity contribution is 6.30. The molecule has 0 aliphatic carbocycles. The van der Waals surface area contributed by atoms with E-state index in [-0.39, 0.29) is 18.4 Å². The van der Waals surface area contributed by atoms with Gasteiger partial charge in [-0.25, -0.2) is 0 Å². The van der Waals surface area contributed by atoms with Gasteiger partial charge >= 0.3 is 0 Å². The zero-order valence-electron chi connectivity index (χ0n) is 13.7. The minimum absolute atomic E-state index is 0.0499. The van der Waals surface area contributed by atoms with E-state index in [4.69, 9.17) is 20.5 Å². The van der Waals surface area contributed by atoms with Crippen molar-refractivity contribution in [1.82, 2.24) is 15.5 Å². The fourth-order valence-corrected chi connectivity index (χ4v) is 2.59. The van der Waals surface area contributed by atoms with Gasteiger partial charge in [0, 0.05) is 17.9 Å². The molecule has 25 heavy (non-hydrogen) atoms. The van der Waals surface area contributed by atoms with Crippen molar-refractivity contribution in [2.75, 3.05) is 0 Å². The largest absolute Gasteiger partial charge is 0.461 e. The molecule has 0 aliphatic rings. The van der Waals surface area contributed by atoms with Crippen LogP contribution < -0.4 is 5.32 Å². The molecule has 0 fully saturated rings. The lowest BCUT2D eigenvalue weighted by Crippen LogP contribution is -2.28. The lowest BCUT2D eigenvalue weighted by molar-refractivity contribution is -0.121. The molecular weight excluding hydrogens is 342 g/mol. The lowest BCUT2D eigenvalue weighted by atomic mass is 10.0. The maximum absolute atomic E-state index is 12.2. The molecule has 0 bridgehead atoms. The van der Waals surface area contributed by atoms with Crippen LogP contribution >= 0.6 is 11.6 Å². The van der Waals surface area contributed by atoms with Crippen molar-refractivity contribution in [3.05, 3.63) is 59.1 Å². The molecule has 2 aromatic heterocycles. The molecule has 130 valence electrons. The fraction of sp³-hybridized carbons (Fsp3) is 0.278. The highest BCUT2D eigenvalue weighted by Crippen LogP contribution is 2.20. The van der Waals surface area contributed by atoms with Crippen LogP contribution in [0.25, 0.3) is 11.6 Å². The molecule has 1 unspecified atom stereocenters. The number of aryl methyl sites for hydroxylation is 1. The van der Waals surface area contributed by atoms with E-state index in [1.165, 1.54) is 0 Å². The smallest absolute Gasteiger partial charge is 0.238 e. The van der Waals surface area contributed by atoms with E-state index < -0.39 is 0 Å². The first-order valence-corrected chi connectivity index (χ1v) is 8.44. The Morgan fingerprint density at radius 2 is 2.08 bits per heavy atom. The summed E-state index contributed by atoms with van der Waals surface area (Å²) < 4.78 is 10.4. The first kappa shape index (κ1) is 17.2. The minimum atomic E-state index is -0.0699. The normalized spacial score (nSPS) is 12.1. The summed E-state index contributed by atoms with van der Waals surface area (Å²) in [6, 6.07) is 10.9. The van der Waals surface area contributed by atoms with Gasteiger partial charge in [0.1, 0.15) is 0 Å². The van der Waals surface area contributed by atoms with Gasteiger partial charge in [0.25, 0.3) is 0 Å². The molecule has 7 heteroatoms. The second kappa shape index (κ2) is 7.98. The standard InChI is InChI=1S/C18H18ClN3O3/c1-2-14(12-5-7-13(19)8-6-12)20-16(23)9-10-17-21-18(22-25-17)15-4-3-11-24-15/h3-8,11,14H,2,9-10H2,1H3,(H,20,23). The van der Waals surface area contributed by atoms with Crippen LogP contribution in [0, 0.1) is 0 Å². The second-order valence-electron chi connectivity index (χ2n) is 5.57. The summed E-state index contributed by atoms with van der Waals surface area (Å²) in [6.45, 7) is 2.02. The number of hydrogen-bond acceptors (Lipinski definition) is 5. The summed E-state index contributed by atoms with van der Waals surface area (Å²) in [7, 11) is 0. The third-order valence-electron chi connectivity index (χ3n) is 3.79. The van der Waals surface area contributed by atoms with Crippen LogP contribution in [0.4, 0.5) is 0 Å². The number of carbonyl (C=O) groups is 1. The van der Waals surface area contributed by atoms with Crippen molar-refractivity contribution < 1.29 is 13.7 Å². The molecule has 1 atom stereocenters. The Morgan fingerprint density at radius 1 is 1.28 bits per heavy atom. The molecule has 0 aliphatic heterocycles. The maximum Gasteiger partial charge on any atom is 0.238 e. The number of hydrogen-bond donors (Lipinski definition) is 1. The summed E-state index contributed by atoms with van der Waals surface area (Å²) in [4.78, 5) is 16.4. The van der Waals surface area contributed by atoms with Crippen LogP contribution in [-0.2, 0) is 11.2 Å². The number of carbonyl (C=O) groups excluding carboxylic acids is 1. The Labute approximate surface area is 150 Å². The predicted octanol–water partition coefficient (Wildman–Crippen LogP) is 4.18. The molecule has 0 radical (unpaired) electrons. The van der Waals surface area contributed by atoms with Crippen molar-refractivity contribution in [1.29, 1.82) is 0 Å². The number of nitrogens with one attached hydrogen (secondary N) is 1. The van der Waals surface area contributed by atoms with Gasteiger partial charge in [0.15, 0.2) is 5.76 Å². The number of amides is 1. The van der Waals surface area contributed by atoms with Crippen LogP contribution in [0.1, 0.15) is 37.3 Å². The van der Waals surface area contributed by atoms with Gasteiger partial charge in [0.05, 0.1) is 12.3 Å². The molecule has 3 rings (SSSR count). The summed E-state index contributed by atoms with van der Waals surface area (Å²) in [6.07, 6.45) is 2.97. The Bertz CT molecular complexity index is 812. The highest BCUT2D eigenvalue weighted by Gasteiger charge is 2.15. The first-order valence-electron chi connectivity index (χ1n) is 8.07. The average Bonchev–Trinajstić information content (AvgIpc) is 3.30. The Balaban J connectivity index is 1.54. The van der Waals surface area contributed by atoms with E-state index in [2.05, 4.69) is 15.5 Å². The lowest BCUT2D eigenvalue weighted by Gasteiger charge is -2.17. The van der Waals surface area contributed by atoms with Crippen LogP contribution in [0.5, 0.6) is 0 Å². The van der Waals surface area contributed by atoms with Crippen molar-refractivity contribution >= 4 is 17.5 Å². The van der Waals surface area contributed by atoms with Crippen molar-refractivity contribution in [3.8, 4) is 11.6 Å². The van der Waals surface area contributed by atoms with Crippen LogP contribution in [0.3, 0.4) is 0 Å². The number of benzene rings is 1. The summed E-state index contributed by atoms with van der Waals surface area (Å²) in [5, 5.41) is 7.54. The fourth-order valence-electron chi connectivity index (χ4n) is 2.47. The Kier molecular flexibility index (Phi) is 5.50. The summed E-state index contributed by atoms with van der Waals surface area (Å²) >= 11 is 5.90. The van der Waals surface area contributed by atoms with Gasteiger partial charge < -0.3 is 14.3 Å². The van der Waals surface area contributed by atoms with Crippen molar-refractivity contribution in [2.45, 2.75) is 32.2 Å². The third kappa shape index (κ3) is 4.48. The average molecular weight is 360 g/mol. The molecule has 0 saturated carbocycles. The maximum atomic E-state index is 12.2.